The minimum absolute atomic E-state index is 0.0745. The minimum Gasteiger partial charge on any atom is -0.341 e. The molecule has 0 aromatic rings. The Labute approximate surface area is 84.8 Å². The number of piperidine rings is 1. The van der Waals surface area contributed by atoms with E-state index in [4.69, 9.17) is 5.73 Å². The number of amides is 1. The number of rotatable bonds is 2. The van der Waals surface area contributed by atoms with Gasteiger partial charge in [0.1, 0.15) is 0 Å². The van der Waals surface area contributed by atoms with Gasteiger partial charge in [0.15, 0.2) is 0 Å². The fourth-order valence-corrected chi connectivity index (χ4v) is 2.65. The van der Waals surface area contributed by atoms with Crippen LogP contribution < -0.4 is 11.1 Å². The zero-order chi connectivity index (χ0) is 10.2. The lowest BCUT2D eigenvalue weighted by molar-refractivity contribution is -0.129. The molecule has 1 spiro atoms. The Bertz CT molecular complexity index is 236. The van der Waals surface area contributed by atoms with Gasteiger partial charge in [0.05, 0.1) is 6.54 Å². The van der Waals surface area contributed by atoms with Crippen LogP contribution in [-0.2, 0) is 4.79 Å². The highest BCUT2D eigenvalue weighted by atomic mass is 16.2. The molecule has 1 atom stereocenters. The van der Waals surface area contributed by atoms with E-state index in [1.54, 1.807) is 0 Å². The van der Waals surface area contributed by atoms with Crippen molar-refractivity contribution in [2.24, 2.45) is 11.1 Å². The van der Waals surface area contributed by atoms with Crippen LogP contribution in [0.5, 0.6) is 0 Å². The maximum absolute atomic E-state index is 11.4. The zero-order valence-electron chi connectivity index (χ0n) is 8.75. The van der Waals surface area contributed by atoms with Crippen LogP contribution in [0.1, 0.15) is 19.3 Å². The van der Waals surface area contributed by atoms with Gasteiger partial charge in [-0.05, 0) is 37.8 Å². The molecule has 0 radical (unpaired) electrons. The second-order valence-corrected chi connectivity index (χ2v) is 4.54. The highest BCUT2D eigenvalue weighted by Crippen LogP contribution is 2.55. The zero-order valence-corrected chi connectivity index (χ0v) is 8.75. The van der Waals surface area contributed by atoms with Crippen LogP contribution in [-0.4, -0.2) is 43.5 Å². The summed E-state index contributed by atoms with van der Waals surface area (Å²) in [6, 6.07) is 0.459. The van der Waals surface area contributed by atoms with Crippen molar-refractivity contribution in [3.8, 4) is 0 Å². The van der Waals surface area contributed by atoms with E-state index in [1.165, 1.54) is 19.3 Å². The maximum atomic E-state index is 11.4. The number of nitrogens with zero attached hydrogens (tertiary/aromatic N) is 1. The van der Waals surface area contributed by atoms with Crippen molar-refractivity contribution in [3.05, 3.63) is 0 Å². The third kappa shape index (κ3) is 1.53. The number of carbonyl (C=O) groups is 1. The molecule has 0 aromatic carbocycles. The lowest BCUT2D eigenvalue weighted by Crippen LogP contribution is -2.39. The molecule has 0 bridgehead atoms. The molecular weight excluding hydrogens is 178 g/mol. The summed E-state index contributed by atoms with van der Waals surface area (Å²) in [6.07, 6.45) is 3.59. The molecule has 80 valence electrons. The number of hydrogen-bond acceptors (Lipinski definition) is 3. The maximum Gasteiger partial charge on any atom is 0.236 e. The van der Waals surface area contributed by atoms with E-state index in [0.717, 1.165) is 13.1 Å². The fraction of sp³-hybridized carbons (Fsp3) is 0.900. The molecule has 1 saturated heterocycles. The number of likely N-dealkylation sites (N-methyl/N-ethyl adjacent to an activating group) is 1. The molecule has 4 nitrogen and oxygen atoms in total. The topological polar surface area (TPSA) is 58.4 Å². The smallest absolute Gasteiger partial charge is 0.236 e. The van der Waals surface area contributed by atoms with Crippen LogP contribution >= 0.6 is 0 Å². The highest BCUT2D eigenvalue weighted by molar-refractivity contribution is 5.78. The van der Waals surface area contributed by atoms with Crippen molar-refractivity contribution in [1.82, 2.24) is 10.2 Å². The molecule has 4 heteroatoms. The summed E-state index contributed by atoms with van der Waals surface area (Å²) in [7, 11) is 1.89. The minimum atomic E-state index is 0.0745. The van der Waals surface area contributed by atoms with Crippen molar-refractivity contribution in [2.75, 3.05) is 26.7 Å². The molecule has 1 heterocycles. The van der Waals surface area contributed by atoms with Gasteiger partial charge in [0, 0.05) is 13.1 Å². The van der Waals surface area contributed by atoms with Crippen molar-refractivity contribution < 1.29 is 4.79 Å². The predicted molar refractivity (Wildman–Crippen MR) is 54.8 cm³/mol. The summed E-state index contributed by atoms with van der Waals surface area (Å²) in [4.78, 5) is 13.3. The molecule has 2 rings (SSSR count). The van der Waals surface area contributed by atoms with E-state index in [-0.39, 0.29) is 12.5 Å². The Morgan fingerprint density at radius 2 is 2.21 bits per heavy atom. The van der Waals surface area contributed by atoms with Gasteiger partial charge in [0.2, 0.25) is 5.91 Å². The molecule has 1 amide bonds. The summed E-state index contributed by atoms with van der Waals surface area (Å²) in [5.41, 5.74) is 5.79. The number of carbonyl (C=O) groups excluding carboxylic acids is 1. The van der Waals surface area contributed by atoms with Crippen LogP contribution in [0.2, 0.25) is 0 Å². The Hall–Kier alpha value is -0.610. The number of nitrogens with one attached hydrogen (secondary N) is 1. The molecule has 1 unspecified atom stereocenters. The molecule has 1 aliphatic heterocycles. The van der Waals surface area contributed by atoms with E-state index in [1.807, 2.05) is 11.9 Å². The Morgan fingerprint density at radius 3 is 2.79 bits per heavy atom. The van der Waals surface area contributed by atoms with Gasteiger partial charge in [-0.25, -0.2) is 0 Å². The van der Waals surface area contributed by atoms with Crippen molar-refractivity contribution >= 4 is 5.91 Å². The molecule has 3 N–H and O–H groups in total. The summed E-state index contributed by atoms with van der Waals surface area (Å²) in [5, 5.41) is 3.35. The Morgan fingerprint density at radius 1 is 1.57 bits per heavy atom. The first-order valence-electron chi connectivity index (χ1n) is 5.36. The molecule has 2 aliphatic rings. The standard InChI is InChI=1S/C10H19N3O/c1-13(9(14)7-11)8-6-10(8)2-4-12-5-3-10/h8,12H,2-7,11H2,1H3. The van der Waals surface area contributed by atoms with Gasteiger partial charge in [0.25, 0.3) is 0 Å². The summed E-state index contributed by atoms with van der Waals surface area (Å²) >= 11 is 0. The van der Waals surface area contributed by atoms with Crippen LogP contribution in [0.3, 0.4) is 0 Å². The molecule has 14 heavy (non-hydrogen) atoms. The van der Waals surface area contributed by atoms with Crippen LogP contribution in [0, 0.1) is 5.41 Å². The fourth-order valence-electron chi connectivity index (χ4n) is 2.65. The Kier molecular flexibility index (Phi) is 2.49. The Balaban J connectivity index is 1.93. The van der Waals surface area contributed by atoms with Crippen molar-refractivity contribution in [3.63, 3.8) is 0 Å². The SMILES string of the molecule is CN(C(=O)CN)C1CC12CCNCC2. The van der Waals surface area contributed by atoms with Gasteiger partial charge in [-0.1, -0.05) is 0 Å². The first-order valence-corrected chi connectivity index (χ1v) is 5.36. The average molecular weight is 197 g/mol. The van der Waals surface area contributed by atoms with Gasteiger partial charge in [-0.2, -0.15) is 0 Å². The third-order valence-corrected chi connectivity index (χ3v) is 3.78. The molecule has 1 aliphatic carbocycles. The lowest BCUT2D eigenvalue weighted by Gasteiger charge is -2.27. The number of hydrogen-bond donors (Lipinski definition) is 2. The second-order valence-electron chi connectivity index (χ2n) is 4.54. The summed E-state index contributed by atoms with van der Waals surface area (Å²) in [6.45, 7) is 2.34. The van der Waals surface area contributed by atoms with E-state index >= 15 is 0 Å². The normalized spacial score (nSPS) is 28.9. The van der Waals surface area contributed by atoms with Crippen molar-refractivity contribution in [2.45, 2.75) is 25.3 Å². The molecular formula is C10H19N3O. The summed E-state index contributed by atoms with van der Waals surface area (Å²) < 4.78 is 0. The average Bonchev–Trinajstić information content (AvgIpc) is 2.91. The first kappa shape index (κ1) is 9.93. The summed E-state index contributed by atoms with van der Waals surface area (Å²) in [5.74, 6) is 0.0745. The van der Waals surface area contributed by atoms with Gasteiger partial charge >= 0.3 is 0 Å². The molecule has 2 fully saturated rings. The second kappa shape index (κ2) is 3.51. The monoisotopic (exact) mass is 197 g/mol. The van der Waals surface area contributed by atoms with Gasteiger partial charge < -0.3 is 16.0 Å². The van der Waals surface area contributed by atoms with Crippen molar-refractivity contribution in [1.29, 1.82) is 0 Å². The van der Waals surface area contributed by atoms with Crippen LogP contribution in [0.25, 0.3) is 0 Å². The lowest BCUT2D eigenvalue weighted by atomic mass is 9.93. The van der Waals surface area contributed by atoms with E-state index in [0.29, 0.717) is 11.5 Å². The molecule has 0 aromatic heterocycles. The third-order valence-electron chi connectivity index (χ3n) is 3.78. The highest BCUT2D eigenvalue weighted by Gasteiger charge is 2.56. The largest absolute Gasteiger partial charge is 0.341 e. The van der Waals surface area contributed by atoms with Gasteiger partial charge in [-0.15, -0.1) is 0 Å². The first-order chi connectivity index (χ1) is 6.69. The quantitative estimate of drug-likeness (QED) is 0.630. The predicted octanol–water partition coefficient (Wildman–Crippen LogP) is -0.454. The van der Waals surface area contributed by atoms with E-state index < -0.39 is 0 Å². The van der Waals surface area contributed by atoms with Crippen LogP contribution in [0.15, 0.2) is 0 Å². The number of nitrogens with two attached hydrogens (primary N) is 1. The van der Waals surface area contributed by atoms with E-state index in [9.17, 15) is 4.79 Å². The van der Waals surface area contributed by atoms with Gasteiger partial charge in [-0.3, -0.25) is 4.79 Å². The van der Waals surface area contributed by atoms with Crippen LogP contribution in [0.4, 0.5) is 0 Å². The van der Waals surface area contributed by atoms with E-state index in [2.05, 4.69) is 5.32 Å². The molecule has 1 saturated carbocycles.